The number of hydrogen-bond acceptors (Lipinski definition) is 3. The summed E-state index contributed by atoms with van der Waals surface area (Å²) in [5, 5.41) is 0. The average Bonchev–Trinajstić information content (AvgIpc) is 2.35. The molecule has 0 spiro atoms. The molecule has 0 aromatic heterocycles. The van der Waals surface area contributed by atoms with Gasteiger partial charge in [0.1, 0.15) is 5.82 Å². The monoisotopic (exact) mass is 281 g/mol. The molecule has 114 valence electrons. The molecule has 0 radical (unpaired) electrons. The van der Waals surface area contributed by atoms with E-state index < -0.39 is 0 Å². The summed E-state index contributed by atoms with van der Waals surface area (Å²) in [4.78, 5) is 4.48. The van der Waals surface area contributed by atoms with E-state index in [2.05, 4.69) is 37.7 Å². The molecule has 0 aliphatic heterocycles. The Morgan fingerprint density at radius 1 is 1.10 bits per heavy atom. The van der Waals surface area contributed by atoms with Crippen LogP contribution in [0.4, 0.5) is 4.39 Å². The van der Waals surface area contributed by atoms with Gasteiger partial charge in [0.2, 0.25) is 0 Å². The van der Waals surface area contributed by atoms with Gasteiger partial charge in [0.05, 0.1) is 0 Å². The average molecular weight is 281 g/mol. The number of nitrogens with zero attached hydrogens (tertiary/aromatic N) is 2. The molecule has 1 unspecified atom stereocenters. The molecular formula is C16H28FN3. The highest BCUT2D eigenvalue weighted by Crippen LogP contribution is 2.16. The Labute approximate surface area is 122 Å². The minimum atomic E-state index is -0.280. The SMILES string of the molecule is CC(C)CN(CCN(C)C)CC(N)c1ccccc1F. The number of nitrogens with two attached hydrogens (primary N) is 1. The molecule has 0 fully saturated rings. The van der Waals surface area contributed by atoms with Crippen LogP contribution in [0.15, 0.2) is 24.3 Å². The van der Waals surface area contributed by atoms with Crippen LogP contribution >= 0.6 is 0 Å². The Kier molecular flexibility index (Phi) is 7.13. The summed E-state index contributed by atoms with van der Waals surface area (Å²) in [7, 11) is 4.12. The molecule has 0 amide bonds. The first kappa shape index (κ1) is 17.1. The van der Waals surface area contributed by atoms with Gasteiger partial charge < -0.3 is 10.6 Å². The second-order valence-electron chi connectivity index (χ2n) is 6.08. The highest BCUT2D eigenvalue weighted by atomic mass is 19.1. The van der Waals surface area contributed by atoms with Gasteiger partial charge in [-0.1, -0.05) is 32.0 Å². The van der Waals surface area contributed by atoms with E-state index in [1.807, 2.05) is 6.07 Å². The molecule has 1 atom stereocenters. The van der Waals surface area contributed by atoms with Gasteiger partial charge in [-0.05, 0) is 26.1 Å². The third kappa shape index (κ3) is 5.99. The van der Waals surface area contributed by atoms with Gasteiger partial charge in [-0.15, -0.1) is 0 Å². The van der Waals surface area contributed by atoms with Gasteiger partial charge in [-0.25, -0.2) is 4.39 Å². The molecule has 1 rings (SSSR count). The zero-order valence-corrected chi connectivity index (χ0v) is 13.1. The quantitative estimate of drug-likeness (QED) is 0.794. The molecule has 0 saturated carbocycles. The van der Waals surface area contributed by atoms with E-state index in [0.717, 1.165) is 19.6 Å². The lowest BCUT2D eigenvalue weighted by Gasteiger charge is -2.28. The van der Waals surface area contributed by atoms with Crippen LogP contribution in [0.5, 0.6) is 0 Å². The van der Waals surface area contributed by atoms with Gasteiger partial charge in [-0.2, -0.15) is 0 Å². The molecule has 3 nitrogen and oxygen atoms in total. The standard InChI is InChI=1S/C16H28FN3/c1-13(2)11-20(10-9-19(3)4)12-16(18)14-7-5-6-8-15(14)17/h5-8,13,16H,9-12,18H2,1-4H3. The van der Waals surface area contributed by atoms with Crippen molar-refractivity contribution in [1.82, 2.24) is 9.80 Å². The second-order valence-corrected chi connectivity index (χ2v) is 6.08. The van der Waals surface area contributed by atoms with Crippen molar-refractivity contribution in [2.24, 2.45) is 11.7 Å². The van der Waals surface area contributed by atoms with Crippen LogP contribution < -0.4 is 5.73 Å². The molecule has 0 aliphatic rings. The van der Waals surface area contributed by atoms with E-state index in [-0.39, 0.29) is 11.9 Å². The Morgan fingerprint density at radius 3 is 2.30 bits per heavy atom. The Bertz CT molecular complexity index is 393. The topological polar surface area (TPSA) is 32.5 Å². The van der Waals surface area contributed by atoms with E-state index in [0.29, 0.717) is 18.0 Å². The molecule has 1 aromatic carbocycles. The van der Waals surface area contributed by atoms with Crippen molar-refractivity contribution in [2.75, 3.05) is 40.3 Å². The molecule has 20 heavy (non-hydrogen) atoms. The summed E-state index contributed by atoms with van der Waals surface area (Å²) in [6.45, 7) is 7.99. The molecular weight excluding hydrogens is 253 g/mol. The number of benzene rings is 1. The van der Waals surface area contributed by atoms with Crippen LogP contribution in [0.3, 0.4) is 0 Å². The summed E-state index contributed by atoms with van der Waals surface area (Å²) in [6, 6.07) is 6.51. The van der Waals surface area contributed by atoms with Crippen molar-refractivity contribution in [3.63, 3.8) is 0 Å². The predicted molar refractivity (Wildman–Crippen MR) is 83.2 cm³/mol. The minimum Gasteiger partial charge on any atom is -0.323 e. The lowest BCUT2D eigenvalue weighted by Crippen LogP contribution is -2.39. The number of hydrogen-bond donors (Lipinski definition) is 1. The van der Waals surface area contributed by atoms with E-state index in [1.165, 1.54) is 6.07 Å². The molecule has 1 aromatic rings. The van der Waals surface area contributed by atoms with Crippen LogP contribution in [0, 0.1) is 11.7 Å². The first-order chi connectivity index (χ1) is 9.40. The molecule has 4 heteroatoms. The van der Waals surface area contributed by atoms with Crippen molar-refractivity contribution >= 4 is 0 Å². The maximum absolute atomic E-state index is 13.8. The maximum atomic E-state index is 13.8. The highest BCUT2D eigenvalue weighted by Gasteiger charge is 2.16. The summed E-state index contributed by atoms with van der Waals surface area (Å²) in [6.07, 6.45) is 0. The van der Waals surface area contributed by atoms with Gasteiger partial charge in [-0.3, -0.25) is 4.90 Å². The summed E-state index contributed by atoms with van der Waals surface area (Å²) >= 11 is 0. The van der Waals surface area contributed by atoms with Crippen LogP contribution in [0.2, 0.25) is 0 Å². The predicted octanol–water partition coefficient (Wildman–Crippen LogP) is 2.35. The van der Waals surface area contributed by atoms with E-state index in [4.69, 9.17) is 5.73 Å². The zero-order chi connectivity index (χ0) is 15.1. The van der Waals surface area contributed by atoms with Crippen LogP contribution in [0.1, 0.15) is 25.5 Å². The fourth-order valence-electron chi connectivity index (χ4n) is 2.27. The number of likely N-dealkylation sites (N-methyl/N-ethyl adjacent to an activating group) is 1. The lowest BCUT2D eigenvalue weighted by atomic mass is 10.1. The van der Waals surface area contributed by atoms with E-state index in [9.17, 15) is 4.39 Å². The van der Waals surface area contributed by atoms with Crippen molar-refractivity contribution in [2.45, 2.75) is 19.9 Å². The maximum Gasteiger partial charge on any atom is 0.128 e. The van der Waals surface area contributed by atoms with Crippen molar-refractivity contribution in [3.05, 3.63) is 35.6 Å². The zero-order valence-electron chi connectivity index (χ0n) is 13.1. The molecule has 0 heterocycles. The molecule has 2 N–H and O–H groups in total. The third-order valence-electron chi connectivity index (χ3n) is 3.25. The van der Waals surface area contributed by atoms with Crippen molar-refractivity contribution in [1.29, 1.82) is 0 Å². The normalized spacial score (nSPS) is 13.4. The van der Waals surface area contributed by atoms with Crippen molar-refractivity contribution < 1.29 is 4.39 Å². The van der Waals surface area contributed by atoms with Crippen LogP contribution in [-0.4, -0.2) is 50.1 Å². The largest absolute Gasteiger partial charge is 0.323 e. The van der Waals surface area contributed by atoms with Gasteiger partial charge in [0.25, 0.3) is 0 Å². The highest BCUT2D eigenvalue weighted by molar-refractivity contribution is 5.21. The van der Waals surface area contributed by atoms with Gasteiger partial charge >= 0.3 is 0 Å². The summed E-state index contributed by atoms with van der Waals surface area (Å²) in [5.41, 5.74) is 6.79. The fourth-order valence-corrected chi connectivity index (χ4v) is 2.27. The van der Waals surface area contributed by atoms with Crippen LogP contribution in [0.25, 0.3) is 0 Å². The smallest absolute Gasteiger partial charge is 0.128 e. The van der Waals surface area contributed by atoms with E-state index in [1.54, 1.807) is 12.1 Å². The lowest BCUT2D eigenvalue weighted by molar-refractivity contribution is 0.207. The molecule has 0 aliphatic carbocycles. The Balaban J connectivity index is 2.65. The Hall–Kier alpha value is -0.970. The number of halogens is 1. The Morgan fingerprint density at radius 2 is 1.75 bits per heavy atom. The van der Waals surface area contributed by atoms with E-state index >= 15 is 0 Å². The van der Waals surface area contributed by atoms with Gasteiger partial charge in [0, 0.05) is 37.8 Å². The third-order valence-corrected chi connectivity index (χ3v) is 3.25. The number of rotatable bonds is 8. The van der Waals surface area contributed by atoms with Crippen molar-refractivity contribution in [3.8, 4) is 0 Å². The van der Waals surface area contributed by atoms with Gasteiger partial charge in [0.15, 0.2) is 0 Å². The minimum absolute atomic E-state index is 0.211. The first-order valence-electron chi connectivity index (χ1n) is 7.27. The molecule has 0 saturated heterocycles. The first-order valence-corrected chi connectivity index (χ1v) is 7.27. The second kappa shape index (κ2) is 8.35. The molecule has 0 bridgehead atoms. The summed E-state index contributed by atoms with van der Waals surface area (Å²) in [5.74, 6) is 0.363. The fraction of sp³-hybridized carbons (Fsp3) is 0.625. The van der Waals surface area contributed by atoms with Crippen LogP contribution in [-0.2, 0) is 0 Å². The summed E-state index contributed by atoms with van der Waals surface area (Å²) < 4.78 is 13.8.